The van der Waals surface area contributed by atoms with E-state index in [9.17, 15) is 4.39 Å². The number of aliphatic hydroxyl groups is 1. The molecule has 7 heteroatoms. The Balaban J connectivity index is 1.61. The molecular formula is C18H22FN5O. The highest BCUT2D eigenvalue weighted by atomic mass is 19.1. The quantitative estimate of drug-likeness (QED) is 0.689. The van der Waals surface area contributed by atoms with Crippen molar-refractivity contribution < 1.29 is 9.50 Å². The zero-order valence-electron chi connectivity index (χ0n) is 14.4. The standard InChI is InChI=1S/C18H22FN5O/c1-13-18(14(2)23(21-13)9-10-25)12-20-11-16-7-8-24(22-16)17-5-3-15(19)4-6-17/h3-8,20,25H,9-12H2,1-2H3. The Morgan fingerprint density at radius 3 is 2.56 bits per heavy atom. The monoisotopic (exact) mass is 343 g/mol. The van der Waals surface area contributed by atoms with Crippen LogP contribution in [0.25, 0.3) is 5.69 Å². The molecular weight excluding hydrogens is 321 g/mol. The molecule has 0 aliphatic heterocycles. The Labute approximate surface area is 145 Å². The molecule has 0 amide bonds. The molecule has 1 aromatic carbocycles. The number of rotatable bonds is 7. The number of halogens is 1. The van der Waals surface area contributed by atoms with Crippen LogP contribution in [-0.4, -0.2) is 31.3 Å². The fraction of sp³-hybridized carbons (Fsp3) is 0.333. The van der Waals surface area contributed by atoms with Crippen LogP contribution in [0.1, 0.15) is 22.6 Å². The lowest BCUT2D eigenvalue weighted by Gasteiger charge is -2.05. The lowest BCUT2D eigenvalue weighted by molar-refractivity contribution is 0.267. The Bertz CT molecular complexity index is 838. The van der Waals surface area contributed by atoms with E-state index >= 15 is 0 Å². The van der Waals surface area contributed by atoms with Crippen molar-refractivity contribution >= 4 is 0 Å². The minimum Gasteiger partial charge on any atom is -0.394 e. The molecule has 0 saturated heterocycles. The Morgan fingerprint density at radius 1 is 1.08 bits per heavy atom. The normalized spacial score (nSPS) is 11.2. The van der Waals surface area contributed by atoms with Crippen LogP contribution in [0.5, 0.6) is 0 Å². The number of aliphatic hydroxyl groups excluding tert-OH is 1. The van der Waals surface area contributed by atoms with Crippen LogP contribution in [0, 0.1) is 19.7 Å². The van der Waals surface area contributed by atoms with Gasteiger partial charge < -0.3 is 10.4 Å². The second-order valence-electron chi connectivity index (χ2n) is 5.93. The maximum Gasteiger partial charge on any atom is 0.123 e. The zero-order valence-corrected chi connectivity index (χ0v) is 14.4. The van der Waals surface area contributed by atoms with E-state index in [0.29, 0.717) is 19.6 Å². The lowest BCUT2D eigenvalue weighted by atomic mass is 10.2. The Morgan fingerprint density at radius 2 is 1.84 bits per heavy atom. The average Bonchev–Trinajstić information content (AvgIpc) is 3.16. The van der Waals surface area contributed by atoms with E-state index in [2.05, 4.69) is 15.5 Å². The second kappa shape index (κ2) is 7.58. The molecule has 0 radical (unpaired) electrons. The molecule has 2 heterocycles. The molecule has 0 saturated carbocycles. The van der Waals surface area contributed by atoms with Gasteiger partial charge in [-0.15, -0.1) is 0 Å². The summed E-state index contributed by atoms with van der Waals surface area (Å²) in [5.74, 6) is -0.259. The molecule has 0 fully saturated rings. The van der Waals surface area contributed by atoms with Crippen molar-refractivity contribution in [1.29, 1.82) is 0 Å². The van der Waals surface area contributed by atoms with Crippen LogP contribution in [0.15, 0.2) is 36.5 Å². The third-order valence-corrected chi connectivity index (χ3v) is 4.19. The molecule has 25 heavy (non-hydrogen) atoms. The molecule has 0 aliphatic rings. The van der Waals surface area contributed by atoms with Gasteiger partial charge in [-0.1, -0.05) is 0 Å². The third-order valence-electron chi connectivity index (χ3n) is 4.19. The van der Waals surface area contributed by atoms with Crippen molar-refractivity contribution in [1.82, 2.24) is 24.9 Å². The summed E-state index contributed by atoms with van der Waals surface area (Å²) in [7, 11) is 0. The van der Waals surface area contributed by atoms with E-state index in [1.807, 2.05) is 30.8 Å². The number of hydrogen-bond acceptors (Lipinski definition) is 4. The topological polar surface area (TPSA) is 67.9 Å². The predicted octanol–water partition coefficient (Wildman–Crippen LogP) is 2.11. The van der Waals surface area contributed by atoms with Gasteiger partial charge in [0.2, 0.25) is 0 Å². The van der Waals surface area contributed by atoms with Crippen molar-refractivity contribution in [3.05, 3.63) is 65.0 Å². The first kappa shape index (κ1) is 17.3. The van der Waals surface area contributed by atoms with Crippen LogP contribution in [-0.2, 0) is 19.6 Å². The van der Waals surface area contributed by atoms with Gasteiger partial charge in [-0.3, -0.25) is 4.68 Å². The van der Waals surface area contributed by atoms with E-state index in [1.165, 1.54) is 12.1 Å². The second-order valence-corrected chi connectivity index (χ2v) is 5.93. The predicted molar refractivity (Wildman–Crippen MR) is 92.9 cm³/mol. The van der Waals surface area contributed by atoms with Crippen molar-refractivity contribution in [2.45, 2.75) is 33.5 Å². The first-order chi connectivity index (χ1) is 12.1. The van der Waals surface area contributed by atoms with Crippen LogP contribution in [0.2, 0.25) is 0 Å². The van der Waals surface area contributed by atoms with Crippen molar-refractivity contribution in [2.75, 3.05) is 6.61 Å². The first-order valence-electron chi connectivity index (χ1n) is 8.23. The van der Waals surface area contributed by atoms with Gasteiger partial charge in [-0.25, -0.2) is 9.07 Å². The van der Waals surface area contributed by atoms with E-state index < -0.39 is 0 Å². The van der Waals surface area contributed by atoms with Crippen LogP contribution < -0.4 is 5.32 Å². The fourth-order valence-electron chi connectivity index (χ4n) is 2.81. The van der Waals surface area contributed by atoms with Crippen LogP contribution in [0.4, 0.5) is 4.39 Å². The molecule has 3 aromatic rings. The fourth-order valence-corrected chi connectivity index (χ4v) is 2.81. The largest absolute Gasteiger partial charge is 0.394 e. The maximum absolute atomic E-state index is 13.0. The molecule has 0 aliphatic carbocycles. The number of hydrogen-bond donors (Lipinski definition) is 2. The van der Waals surface area contributed by atoms with Gasteiger partial charge in [-0.2, -0.15) is 10.2 Å². The number of nitrogens with one attached hydrogen (secondary N) is 1. The molecule has 0 spiro atoms. The van der Waals surface area contributed by atoms with Crippen molar-refractivity contribution in [3.8, 4) is 5.69 Å². The van der Waals surface area contributed by atoms with Gasteiger partial charge in [0.15, 0.2) is 0 Å². The van der Waals surface area contributed by atoms with E-state index in [1.54, 1.807) is 16.8 Å². The average molecular weight is 343 g/mol. The summed E-state index contributed by atoms with van der Waals surface area (Å²) >= 11 is 0. The van der Waals surface area contributed by atoms with Crippen LogP contribution in [0.3, 0.4) is 0 Å². The zero-order chi connectivity index (χ0) is 17.8. The van der Waals surface area contributed by atoms with Gasteiger partial charge >= 0.3 is 0 Å². The number of benzene rings is 1. The smallest absolute Gasteiger partial charge is 0.123 e. The summed E-state index contributed by atoms with van der Waals surface area (Å²) in [4.78, 5) is 0. The maximum atomic E-state index is 13.0. The van der Waals surface area contributed by atoms with Gasteiger partial charge in [-0.05, 0) is 44.2 Å². The minimum absolute atomic E-state index is 0.0790. The molecule has 0 bridgehead atoms. The Kier molecular flexibility index (Phi) is 5.25. The lowest BCUT2D eigenvalue weighted by Crippen LogP contribution is -2.15. The van der Waals surface area contributed by atoms with Crippen LogP contribution >= 0.6 is 0 Å². The van der Waals surface area contributed by atoms with Gasteiger partial charge in [0, 0.05) is 30.5 Å². The van der Waals surface area contributed by atoms with E-state index in [-0.39, 0.29) is 12.4 Å². The summed E-state index contributed by atoms with van der Waals surface area (Å²) in [5.41, 5.74) is 4.91. The molecule has 0 unspecified atom stereocenters. The minimum atomic E-state index is -0.259. The molecule has 6 nitrogen and oxygen atoms in total. The highest BCUT2D eigenvalue weighted by Gasteiger charge is 2.11. The number of aryl methyl sites for hydroxylation is 1. The highest BCUT2D eigenvalue weighted by Crippen LogP contribution is 2.13. The summed E-state index contributed by atoms with van der Waals surface area (Å²) in [6.45, 7) is 5.88. The van der Waals surface area contributed by atoms with Gasteiger partial charge in [0.25, 0.3) is 0 Å². The SMILES string of the molecule is Cc1nn(CCO)c(C)c1CNCc1ccn(-c2ccc(F)cc2)n1. The van der Waals surface area contributed by atoms with Crippen molar-refractivity contribution in [2.24, 2.45) is 0 Å². The third kappa shape index (κ3) is 3.94. The van der Waals surface area contributed by atoms with Crippen molar-refractivity contribution in [3.63, 3.8) is 0 Å². The molecule has 2 aromatic heterocycles. The molecule has 0 atom stereocenters. The Hall–Kier alpha value is -2.51. The summed E-state index contributed by atoms with van der Waals surface area (Å²) in [6.07, 6.45) is 1.86. The van der Waals surface area contributed by atoms with E-state index in [4.69, 9.17) is 5.11 Å². The summed E-state index contributed by atoms with van der Waals surface area (Å²) in [6, 6.07) is 8.17. The summed E-state index contributed by atoms with van der Waals surface area (Å²) < 4.78 is 16.5. The first-order valence-corrected chi connectivity index (χ1v) is 8.23. The van der Waals surface area contributed by atoms with Gasteiger partial charge in [0.1, 0.15) is 5.82 Å². The highest BCUT2D eigenvalue weighted by molar-refractivity contribution is 5.31. The number of aromatic nitrogens is 4. The van der Waals surface area contributed by atoms with Gasteiger partial charge in [0.05, 0.1) is 30.2 Å². The molecule has 2 N–H and O–H groups in total. The van der Waals surface area contributed by atoms with E-state index in [0.717, 1.165) is 28.3 Å². The molecule has 132 valence electrons. The molecule has 3 rings (SSSR count). The summed E-state index contributed by atoms with van der Waals surface area (Å²) in [5, 5.41) is 21.4. The number of nitrogens with zero attached hydrogens (tertiary/aromatic N) is 4.